The summed E-state index contributed by atoms with van der Waals surface area (Å²) in [5.74, 6) is 0.384. The average molecular weight is 222 g/mol. The Labute approximate surface area is 95.8 Å². The van der Waals surface area contributed by atoms with Crippen LogP contribution in [0.1, 0.15) is 11.1 Å². The van der Waals surface area contributed by atoms with Crippen molar-refractivity contribution in [2.75, 3.05) is 13.7 Å². The fourth-order valence-electron chi connectivity index (χ4n) is 1.34. The van der Waals surface area contributed by atoms with E-state index < -0.39 is 11.9 Å². The van der Waals surface area contributed by atoms with Crippen LogP contribution >= 0.6 is 0 Å². The zero-order valence-electron chi connectivity index (χ0n) is 9.91. The molecule has 3 N–H and O–H groups in total. The first-order chi connectivity index (χ1) is 7.54. The lowest BCUT2D eigenvalue weighted by molar-refractivity contribution is -0.120. The molecule has 1 atom stereocenters. The molecule has 0 aliphatic rings. The van der Waals surface area contributed by atoms with Gasteiger partial charge in [-0.1, -0.05) is 12.1 Å². The molecule has 0 aromatic heterocycles. The number of hydrogen-bond acceptors (Lipinski definition) is 3. The number of carbonyl (C=O) groups is 1. The summed E-state index contributed by atoms with van der Waals surface area (Å²) in [4.78, 5) is 11.0. The number of rotatable bonds is 5. The average Bonchev–Trinajstić information content (AvgIpc) is 2.23. The van der Waals surface area contributed by atoms with Gasteiger partial charge in [0, 0.05) is 0 Å². The number of aryl methyl sites for hydroxylation is 2. The lowest BCUT2D eigenvalue weighted by atomic mass is 10.1. The summed E-state index contributed by atoms with van der Waals surface area (Å²) >= 11 is 0. The molecule has 4 nitrogen and oxygen atoms in total. The van der Waals surface area contributed by atoms with Crippen molar-refractivity contribution in [1.29, 1.82) is 0 Å². The number of carbonyl (C=O) groups excluding carboxylic acids is 1. The van der Waals surface area contributed by atoms with Gasteiger partial charge in [0.05, 0.1) is 0 Å². The minimum atomic E-state index is -0.458. The van der Waals surface area contributed by atoms with Gasteiger partial charge in [-0.15, -0.1) is 0 Å². The quantitative estimate of drug-likeness (QED) is 0.773. The smallest absolute Gasteiger partial charge is 0.238 e. The molecule has 88 valence electrons. The summed E-state index contributed by atoms with van der Waals surface area (Å²) in [7, 11) is 1.68. The third-order valence-electron chi connectivity index (χ3n) is 2.44. The van der Waals surface area contributed by atoms with E-state index in [1.54, 1.807) is 7.05 Å². The van der Waals surface area contributed by atoms with Crippen molar-refractivity contribution in [3.63, 3.8) is 0 Å². The third kappa shape index (κ3) is 3.24. The predicted molar refractivity (Wildman–Crippen MR) is 63.5 cm³/mol. The summed E-state index contributed by atoms with van der Waals surface area (Å²) in [6, 6.07) is 5.50. The van der Waals surface area contributed by atoms with Crippen molar-refractivity contribution in [3.8, 4) is 5.75 Å². The van der Waals surface area contributed by atoms with E-state index in [4.69, 9.17) is 10.5 Å². The van der Waals surface area contributed by atoms with Gasteiger partial charge in [0.25, 0.3) is 0 Å². The molecule has 1 rings (SSSR count). The van der Waals surface area contributed by atoms with Gasteiger partial charge < -0.3 is 15.8 Å². The highest BCUT2D eigenvalue weighted by molar-refractivity contribution is 5.79. The van der Waals surface area contributed by atoms with E-state index >= 15 is 0 Å². The largest absolute Gasteiger partial charge is 0.491 e. The minimum Gasteiger partial charge on any atom is -0.491 e. The number of nitrogens with two attached hydrogens (primary N) is 1. The van der Waals surface area contributed by atoms with Crippen LogP contribution in [-0.4, -0.2) is 25.6 Å². The Bertz CT molecular complexity index is 377. The molecule has 1 amide bonds. The van der Waals surface area contributed by atoms with E-state index in [-0.39, 0.29) is 6.61 Å². The molecule has 1 aromatic carbocycles. The van der Waals surface area contributed by atoms with Crippen LogP contribution in [0.5, 0.6) is 5.75 Å². The van der Waals surface area contributed by atoms with Gasteiger partial charge in [-0.05, 0) is 38.1 Å². The number of ether oxygens (including phenoxy) is 1. The molecule has 1 unspecified atom stereocenters. The molecule has 0 bridgehead atoms. The molecular formula is C12H18N2O2. The second kappa shape index (κ2) is 5.51. The molecule has 0 heterocycles. The van der Waals surface area contributed by atoms with Crippen LogP contribution in [-0.2, 0) is 4.79 Å². The SMILES string of the molecule is CNC(COc1cc(C)ccc1C)C(N)=O. The highest BCUT2D eigenvalue weighted by Crippen LogP contribution is 2.19. The van der Waals surface area contributed by atoms with Crippen LogP contribution < -0.4 is 15.8 Å². The Balaban J connectivity index is 2.66. The van der Waals surface area contributed by atoms with Gasteiger partial charge in [-0.3, -0.25) is 4.79 Å². The first-order valence-electron chi connectivity index (χ1n) is 5.21. The van der Waals surface area contributed by atoms with Gasteiger partial charge in [0.1, 0.15) is 18.4 Å². The maximum atomic E-state index is 11.0. The second-order valence-corrected chi connectivity index (χ2v) is 3.82. The van der Waals surface area contributed by atoms with Crippen LogP contribution in [0.15, 0.2) is 18.2 Å². The Morgan fingerprint density at radius 3 is 2.75 bits per heavy atom. The van der Waals surface area contributed by atoms with Crippen LogP contribution in [0.2, 0.25) is 0 Å². The van der Waals surface area contributed by atoms with E-state index in [0.29, 0.717) is 0 Å². The van der Waals surface area contributed by atoms with E-state index in [1.807, 2.05) is 32.0 Å². The Kier molecular flexibility index (Phi) is 4.31. The fourth-order valence-corrected chi connectivity index (χ4v) is 1.34. The monoisotopic (exact) mass is 222 g/mol. The standard InChI is InChI=1S/C12H18N2O2/c1-8-4-5-9(2)11(6-8)16-7-10(14-3)12(13)15/h4-6,10,14H,7H2,1-3H3,(H2,13,15). The molecule has 0 aliphatic carbocycles. The summed E-state index contributed by atoms with van der Waals surface area (Å²) in [6.07, 6.45) is 0. The van der Waals surface area contributed by atoms with Gasteiger partial charge >= 0.3 is 0 Å². The predicted octanol–water partition coefficient (Wildman–Crippen LogP) is 0.756. The number of likely N-dealkylation sites (N-methyl/N-ethyl adjacent to an activating group) is 1. The fraction of sp³-hybridized carbons (Fsp3) is 0.417. The first kappa shape index (κ1) is 12.5. The van der Waals surface area contributed by atoms with Crippen LogP contribution in [0.25, 0.3) is 0 Å². The molecule has 1 aromatic rings. The first-order valence-corrected chi connectivity index (χ1v) is 5.21. The maximum absolute atomic E-state index is 11.0. The van der Waals surface area contributed by atoms with E-state index in [0.717, 1.165) is 16.9 Å². The number of primary amides is 1. The summed E-state index contributed by atoms with van der Waals surface area (Å²) in [5, 5.41) is 2.81. The lowest BCUT2D eigenvalue weighted by Crippen LogP contribution is -2.43. The van der Waals surface area contributed by atoms with Crippen LogP contribution in [0.4, 0.5) is 0 Å². The molecular weight excluding hydrogens is 204 g/mol. The summed E-state index contributed by atoms with van der Waals surface area (Å²) in [6.45, 7) is 4.21. The zero-order valence-corrected chi connectivity index (χ0v) is 9.91. The molecule has 0 saturated carbocycles. The van der Waals surface area contributed by atoms with E-state index in [1.165, 1.54) is 0 Å². The number of amides is 1. The molecule has 0 fully saturated rings. The van der Waals surface area contributed by atoms with Crippen molar-refractivity contribution in [1.82, 2.24) is 5.32 Å². The molecule has 4 heteroatoms. The second-order valence-electron chi connectivity index (χ2n) is 3.82. The third-order valence-corrected chi connectivity index (χ3v) is 2.44. The zero-order chi connectivity index (χ0) is 12.1. The highest BCUT2D eigenvalue weighted by Gasteiger charge is 2.13. The molecule has 0 aliphatic heterocycles. The van der Waals surface area contributed by atoms with Crippen LogP contribution in [0, 0.1) is 13.8 Å². The van der Waals surface area contributed by atoms with Crippen LogP contribution in [0.3, 0.4) is 0 Å². The van der Waals surface area contributed by atoms with Crippen molar-refractivity contribution in [2.24, 2.45) is 5.73 Å². The van der Waals surface area contributed by atoms with Crippen molar-refractivity contribution < 1.29 is 9.53 Å². The van der Waals surface area contributed by atoms with E-state index in [9.17, 15) is 4.79 Å². The Morgan fingerprint density at radius 1 is 1.50 bits per heavy atom. The van der Waals surface area contributed by atoms with Crippen molar-refractivity contribution >= 4 is 5.91 Å². The summed E-state index contributed by atoms with van der Waals surface area (Å²) in [5.41, 5.74) is 7.37. The van der Waals surface area contributed by atoms with E-state index in [2.05, 4.69) is 5.32 Å². The number of hydrogen-bond donors (Lipinski definition) is 2. The van der Waals surface area contributed by atoms with Gasteiger partial charge in [-0.2, -0.15) is 0 Å². The molecule has 0 radical (unpaired) electrons. The topological polar surface area (TPSA) is 64.3 Å². The summed E-state index contributed by atoms with van der Waals surface area (Å²) < 4.78 is 5.57. The van der Waals surface area contributed by atoms with Crippen molar-refractivity contribution in [3.05, 3.63) is 29.3 Å². The minimum absolute atomic E-state index is 0.246. The molecule has 0 saturated heterocycles. The molecule has 0 spiro atoms. The van der Waals surface area contributed by atoms with Crippen molar-refractivity contribution in [2.45, 2.75) is 19.9 Å². The number of nitrogens with one attached hydrogen (secondary N) is 1. The Hall–Kier alpha value is -1.55. The van der Waals surface area contributed by atoms with Gasteiger partial charge in [-0.25, -0.2) is 0 Å². The lowest BCUT2D eigenvalue weighted by Gasteiger charge is -2.15. The maximum Gasteiger partial charge on any atom is 0.238 e. The van der Waals surface area contributed by atoms with Gasteiger partial charge in [0.15, 0.2) is 0 Å². The highest BCUT2D eigenvalue weighted by atomic mass is 16.5. The number of benzene rings is 1. The molecule has 16 heavy (non-hydrogen) atoms. The Morgan fingerprint density at radius 2 is 2.19 bits per heavy atom. The van der Waals surface area contributed by atoms with Gasteiger partial charge in [0.2, 0.25) is 5.91 Å². The normalized spacial score (nSPS) is 12.2.